The van der Waals surface area contributed by atoms with Crippen LogP contribution in [0.3, 0.4) is 0 Å². The minimum absolute atomic E-state index is 0.188. The minimum Gasteiger partial charge on any atom is -0.324 e. The van der Waals surface area contributed by atoms with E-state index in [1.54, 1.807) is 18.3 Å². The van der Waals surface area contributed by atoms with Gasteiger partial charge in [-0.15, -0.1) is 0 Å². The van der Waals surface area contributed by atoms with Gasteiger partial charge in [-0.3, -0.25) is 0 Å². The average molecular weight is 511 g/mol. The van der Waals surface area contributed by atoms with Gasteiger partial charge in [0.1, 0.15) is 11.5 Å². The molecule has 3 aromatic rings. The number of nitrogens with one attached hydrogen (secondary N) is 2. The summed E-state index contributed by atoms with van der Waals surface area (Å²) in [7, 11) is 1.96. The Balaban J connectivity index is 0.000000586. The van der Waals surface area contributed by atoms with E-state index in [0.717, 1.165) is 34.5 Å². The Morgan fingerprint density at radius 2 is 1.92 bits per heavy atom. The maximum Gasteiger partial charge on any atom is 0.386 e. The van der Waals surface area contributed by atoms with Gasteiger partial charge in [0, 0.05) is 37.5 Å². The highest BCUT2D eigenvalue weighted by atomic mass is 19.4. The second-order valence-corrected chi connectivity index (χ2v) is 8.40. The highest BCUT2D eigenvalue weighted by Crippen LogP contribution is 2.33. The van der Waals surface area contributed by atoms with Gasteiger partial charge in [0.05, 0.1) is 16.8 Å². The van der Waals surface area contributed by atoms with Crippen LogP contribution in [0.15, 0.2) is 83.0 Å². The molecule has 3 heterocycles. The number of benzene rings is 1. The molecule has 1 aliphatic heterocycles. The van der Waals surface area contributed by atoms with Gasteiger partial charge in [-0.25, -0.2) is 18.9 Å². The summed E-state index contributed by atoms with van der Waals surface area (Å²) >= 11 is 0. The molecular weight excluding hydrogens is 484 g/mol. The van der Waals surface area contributed by atoms with E-state index >= 15 is 0 Å². The highest BCUT2D eigenvalue weighted by Gasteiger charge is 2.21. The largest absolute Gasteiger partial charge is 0.386 e. The first-order chi connectivity index (χ1) is 17.7. The van der Waals surface area contributed by atoms with Crippen molar-refractivity contribution in [1.82, 2.24) is 14.9 Å². The van der Waals surface area contributed by atoms with E-state index in [0.29, 0.717) is 18.1 Å². The van der Waals surface area contributed by atoms with E-state index < -0.39 is 6.18 Å². The number of aliphatic imine (C=N–C) groups is 2. The molecule has 2 N–H and O–H groups in total. The predicted molar refractivity (Wildman–Crippen MR) is 140 cm³/mol. The number of alkyl halides is 3. The maximum absolute atomic E-state index is 13.6. The highest BCUT2D eigenvalue weighted by molar-refractivity contribution is 6.04. The number of guanidine groups is 1. The lowest BCUT2D eigenvalue weighted by molar-refractivity contribution is -0.110. The van der Waals surface area contributed by atoms with Crippen LogP contribution in [-0.2, 0) is 0 Å². The predicted octanol–water partition coefficient (Wildman–Crippen LogP) is 6.26. The molecule has 37 heavy (non-hydrogen) atoms. The Hall–Kier alpha value is -4.05. The summed E-state index contributed by atoms with van der Waals surface area (Å²) in [5.41, 5.74) is 5.20. The second-order valence-electron chi connectivity index (χ2n) is 8.40. The van der Waals surface area contributed by atoms with Crippen molar-refractivity contribution in [3.8, 4) is 0 Å². The van der Waals surface area contributed by atoms with E-state index in [4.69, 9.17) is 10.1 Å². The van der Waals surface area contributed by atoms with Crippen LogP contribution in [0.1, 0.15) is 31.0 Å². The van der Waals surface area contributed by atoms with Gasteiger partial charge in [-0.05, 0) is 49.4 Å². The third-order valence-corrected chi connectivity index (χ3v) is 5.45. The SMILES string of the molecule is CC(F)(F)F.CNC1C=C(c2nn3ccccc3c2C2=CCC=NC(Nc3cccc(F)c3)=N2)C=CC1. The normalized spacial score (nSPS) is 17.4. The van der Waals surface area contributed by atoms with Crippen LogP contribution in [0, 0.1) is 5.82 Å². The maximum atomic E-state index is 13.6. The molecule has 1 aromatic carbocycles. The first-order valence-electron chi connectivity index (χ1n) is 11.7. The molecule has 10 heteroatoms. The lowest BCUT2D eigenvalue weighted by Crippen LogP contribution is -2.23. The molecule has 1 aliphatic carbocycles. The number of aromatic nitrogens is 2. The van der Waals surface area contributed by atoms with E-state index in [9.17, 15) is 17.6 Å². The molecule has 0 fully saturated rings. The summed E-state index contributed by atoms with van der Waals surface area (Å²) in [6, 6.07) is 12.5. The van der Waals surface area contributed by atoms with Crippen LogP contribution in [0.25, 0.3) is 16.8 Å². The van der Waals surface area contributed by atoms with Gasteiger partial charge in [-0.2, -0.15) is 18.3 Å². The first-order valence-corrected chi connectivity index (χ1v) is 11.7. The van der Waals surface area contributed by atoms with Gasteiger partial charge in [0.2, 0.25) is 5.96 Å². The molecule has 1 unspecified atom stereocenters. The fourth-order valence-corrected chi connectivity index (χ4v) is 3.90. The van der Waals surface area contributed by atoms with Gasteiger partial charge >= 0.3 is 6.18 Å². The lowest BCUT2D eigenvalue weighted by Gasteiger charge is -2.15. The first kappa shape index (κ1) is 26.0. The molecule has 5 rings (SSSR count). The number of hydrogen-bond donors (Lipinski definition) is 2. The molecule has 192 valence electrons. The van der Waals surface area contributed by atoms with E-state index in [2.05, 4.69) is 33.9 Å². The lowest BCUT2D eigenvalue weighted by atomic mass is 9.96. The van der Waals surface area contributed by atoms with Crippen LogP contribution >= 0.6 is 0 Å². The van der Waals surface area contributed by atoms with Gasteiger partial charge in [0.15, 0.2) is 0 Å². The second kappa shape index (κ2) is 11.3. The summed E-state index contributed by atoms with van der Waals surface area (Å²) in [6.07, 6.45) is 9.82. The average Bonchev–Trinajstić information content (AvgIpc) is 3.10. The van der Waals surface area contributed by atoms with Crippen molar-refractivity contribution in [2.45, 2.75) is 32.0 Å². The molecule has 0 amide bonds. The fraction of sp³-hybridized carbons (Fsp3) is 0.222. The van der Waals surface area contributed by atoms with Crippen molar-refractivity contribution in [3.05, 3.63) is 90.0 Å². The number of pyridine rings is 1. The third kappa shape index (κ3) is 7.01. The smallest absolute Gasteiger partial charge is 0.324 e. The Morgan fingerprint density at radius 1 is 1.11 bits per heavy atom. The molecule has 6 nitrogen and oxygen atoms in total. The molecular formula is C27H26F4N6. The molecule has 2 aliphatic rings. The molecule has 0 saturated carbocycles. The zero-order valence-corrected chi connectivity index (χ0v) is 20.3. The van der Waals surface area contributed by atoms with Crippen LogP contribution in [0.5, 0.6) is 0 Å². The fourth-order valence-electron chi connectivity index (χ4n) is 3.90. The molecule has 0 saturated heterocycles. The van der Waals surface area contributed by atoms with Gasteiger partial charge in [0.25, 0.3) is 0 Å². The number of likely N-dealkylation sites (N-methyl/N-ethyl adjacent to an activating group) is 1. The monoisotopic (exact) mass is 510 g/mol. The summed E-state index contributed by atoms with van der Waals surface area (Å²) in [5.74, 6) is 0.0887. The number of halogens is 4. The molecule has 1 atom stereocenters. The van der Waals surface area contributed by atoms with E-state index in [1.165, 1.54) is 12.1 Å². The standard InChI is InChI=1S/C25H23FN6.C2H3F3/c1-27-19-9-4-7-17(15-19)24-23(22-12-2-3-14-32(22)31-24)21-11-6-13-28-25(30-21)29-20-10-5-8-18(26)16-20;1-2(3,4)5/h2-5,7-8,10-16,19,27H,6,9H2,1H3,(H,29,30);1H3. The number of hydrogen-bond acceptors (Lipinski definition) is 5. The summed E-state index contributed by atoms with van der Waals surface area (Å²) in [6.45, 7) is 0.188. The van der Waals surface area contributed by atoms with Crippen molar-refractivity contribution < 1.29 is 17.6 Å². The number of fused-ring (bicyclic) bond motifs is 1. The topological polar surface area (TPSA) is 66.1 Å². The minimum atomic E-state index is -4.00. The van der Waals surface area contributed by atoms with E-state index in [-0.39, 0.29) is 18.8 Å². The number of rotatable bonds is 4. The Bertz CT molecular complexity index is 1410. The van der Waals surface area contributed by atoms with E-state index in [1.807, 2.05) is 42.0 Å². The number of nitrogens with zero attached hydrogens (tertiary/aromatic N) is 4. The van der Waals surface area contributed by atoms with Crippen molar-refractivity contribution in [3.63, 3.8) is 0 Å². The summed E-state index contributed by atoms with van der Waals surface area (Å²) in [5, 5.41) is 11.3. The van der Waals surface area contributed by atoms with Crippen molar-refractivity contribution in [1.29, 1.82) is 0 Å². The number of anilines is 1. The summed E-state index contributed by atoms with van der Waals surface area (Å²) in [4.78, 5) is 9.24. The van der Waals surface area contributed by atoms with Crippen LogP contribution in [-0.4, -0.2) is 41.1 Å². The molecule has 0 radical (unpaired) electrons. The quantitative estimate of drug-likeness (QED) is 0.408. The van der Waals surface area contributed by atoms with Crippen molar-refractivity contribution >= 4 is 34.6 Å². The van der Waals surface area contributed by atoms with Crippen LogP contribution in [0.2, 0.25) is 0 Å². The van der Waals surface area contributed by atoms with Gasteiger partial charge < -0.3 is 10.6 Å². The van der Waals surface area contributed by atoms with Crippen molar-refractivity contribution in [2.24, 2.45) is 9.98 Å². The van der Waals surface area contributed by atoms with Gasteiger partial charge in [-0.1, -0.05) is 36.4 Å². The zero-order chi connectivity index (χ0) is 26.4. The van der Waals surface area contributed by atoms with Crippen LogP contribution in [0.4, 0.5) is 23.2 Å². The Labute approximate surface area is 211 Å². The number of allylic oxidation sites excluding steroid dienone is 3. The third-order valence-electron chi connectivity index (χ3n) is 5.45. The molecule has 2 aromatic heterocycles. The van der Waals surface area contributed by atoms with Crippen LogP contribution < -0.4 is 10.6 Å². The zero-order valence-electron chi connectivity index (χ0n) is 20.3. The molecule has 0 bridgehead atoms. The van der Waals surface area contributed by atoms with Crippen molar-refractivity contribution in [2.75, 3.05) is 12.4 Å². The Morgan fingerprint density at radius 3 is 2.68 bits per heavy atom. The molecule has 0 spiro atoms. The Kier molecular flexibility index (Phi) is 7.98. The summed E-state index contributed by atoms with van der Waals surface area (Å²) < 4.78 is 46.6.